The van der Waals surface area contributed by atoms with Crippen LogP contribution in [0.1, 0.15) is 63.9 Å². The molecule has 0 heterocycles. The van der Waals surface area contributed by atoms with Crippen LogP contribution >= 0.6 is 0 Å². The molecule has 1 aromatic rings. The van der Waals surface area contributed by atoms with Gasteiger partial charge in [0.05, 0.1) is 0 Å². The Hall–Kier alpha value is -1.39. The Labute approximate surface area is 140 Å². The average molecular weight is 320 g/mol. The van der Waals surface area contributed by atoms with E-state index in [1.807, 2.05) is 30.3 Å². The fraction of sp³-hybridized carbons (Fsp3) is 0.632. The fourth-order valence-corrected chi connectivity index (χ4v) is 2.48. The van der Waals surface area contributed by atoms with Crippen molar-refractivity contribution in [1.82, 2.24) is 10.9 Å². The number of carbonyl (C=O) groups excluding carboxylic acids is 1. The standard InChI is InChI=1S/C19H32N2O2/c1-2-3-4-5-6-7-11-16-20-21-19(23)18(22)15-14-17-12-9-8-10-13-17/h8-10,12-13,18,20,22H,2-7,11,14-16H2,1H3,(H,21,23). The van der Waals surface area contributed by atoms with E-state index in [1.165, 1.54) is 38.5 Å². The summed E-state index contributed by atoms with van der Waals surface area (Å²) in [6.45, 7) is 2.98. The predicted octanol–water partition coefficient (Wildman–Crippen LogP) is 3.35. The minimum absolute atomic E-state index is 0.344. The van der Waals surface area contributed by atoms with Crippen LogP contribution < -0.4 is 10.9 Å². The Bertz CT molecular complexity index is 409. The van der Waals surface area contributed by atoms with Gasteiger partial charge < -0.3 is 5.11 Å². The van der Waals surface area contributed by atoms with Crippen molar-refractivity contribution in [1.29, 1.82) is 0 Å². The van der Waals surface area contributed by atoms with Crippen molar-refractivity contribution in [3.05, 3.63) is 35.9 Å². The van der Waals surface area contributed by atoms with Gasteiger partial charge in [-0.15, -0.1) is 0 Å². The van der Waals surface area contributed by atoms with Crippen LogP contribution in [0.4, 0.5) is 0 Å². The third kappa shape index (κ3) is 10.1. The van der Waals surface area contributed by atoms with E-state index < -0.39 is 6.10 Å². The minimum atomic E-state index is -0.961. The van der Waals surface area contributed by atoms with Crippen LogP contribution in [-0.2, 0) is 11.2 Å². The van der Waals surface area contributed by atoms with Gasteiger partial charge in [-0.3, -0.25) is 10.2 Å². The number of benzene rings is 1. The molecule has 4 heteroatoms. The molecule has 0 aliphatic rings. The number of rotatable bonds is 13. The molecule has 0 bridgehead atoms. The van der Waals surface area contributed by atoms with Crippen molar-refractivity contribution < 1.29 is 9.90 Å². The lowest BCUT2D eigenvalue weighted by Gasteiger charge is -2.12. The maximum atomic E-state index is 11.7. The molecule has 4 nitrogen and oxygen atoms in total. The average Bonchev–Trinajstić information content (AvgIpc) is 2.59. The van der Waals surface area contributed by atoms with E-state index in [0.29, 0.717) is 12.8 Å². The Morgan fingerprint density at radius 1 is 1.04 bits per heavy atom. The summed E-state index contributed by atoms with van der Waals surface area (Å²) in [4.78, 5) is 11.7. The smallest absolute Gasteiger partial charge is 0.262 e. The summed E-state index contributed by atoms with van der Waals surface area (Å²) in [7, 11) is 0. The highest BCUT2D eigenvalue weighted by molar-refractivity contribution is 5.79. The van der Waals surface area contributed by atoms with Crippen molar-refractivity contribution in [3.8, 4) is 0 Å². The van der Waals surface area contributed by atoms with Gasteiger partial charge in [0.15, 0.2) is 0 Å². The first-order chi connectivity index (χ1) is 11.2. The molecule has 1 atom stereocenters. The predicted molar refractivity (Wildman–Crippen MR) is 94.9 cm³/mol. The van der Waals surface area contributed by atoms with Crippen molar-refractivity contribution in [2.75, 3.05) is 6.54 Å². The largest absolute Gasteiger partial charge is 0.383 e. The summed E-state index contributed by atoms with van der Waals surface area (Å²) in [6.07, 6.45) is 8.91. The molecule has 0 saturated heterocycles. The molecule has 130 valence electrons. The molecule has 0 radical (unpaired) electrons. The molecule has 0 saturated carbocycles. The lowest BCUT2D eigenvalue weighted by atomic mass is 10.1. The molecule has 3 N–H and O–H groups in total. The van der Waals surface area contributed by atoms with Gasteiger partial charge in [-0.2, -0.15) is 0 Å². The zero-order valence-electron chi connectivity index (χ0n) is 14.4. The first-order valence-corrected chi connectivity index (χ1v) is 8.98. The third-order valence-electron chi connectivity index (χ3n) is 3.97. The molecule has 1 rings (SSSR count). The number of aliphatic hydroxyl groups is 1. The second kappa shape index (κ2) is 13.1. The zero-order chi connectivity index (χ0) is 16.8. The Morgan fingerprint density at radius 3 is 2.39 bits per heavy atom. The maximum Gasteiger partial charge on any atom is 0.262 e. The summed E-state index contributed by atoms with van der Waals surface area (Å²) in [6, 6.07) is 9.89. The van der Waals surface area contributed by atoms with Gasteiger partial charge in [0, 0.05) is 6.54 Å². The van der Waals surface area contributed by atoms with E-state index in [9.17, 15) is 9.90 Å². The molecule has 23 heavy (non-hydrogen) atoms. The van der Waals surface area contributed by atoms with Gasteiger partial charge in [-0.05, 0) is 24.8 Å². The van der Waals surface area contributed by atoms with Crippen LogP contribution in [0.25, 0.3) is 0 Å². The van der Waals surface area contributed by atoms with Crippen LogP contribution in [-0.4, -0.2) is 23.7 Å². The summed E-state index contributed by atoms with van der Waals surface area (Å²) in [5.74, 6) is -0.344. The lowest BCUT2D eigenvalue weighted by Crippen LogP contribution is -2.44. The molecule has 0 aromatic heterocycles. The summed E-state index contributed by atoms with van der Waals surface area (Å²) < 4.78 is 0. The van der Waals surface area contributed by atoms with Crippen LogP contribution in [0.5, 0.6) is 0 Å². The van der Waals surface area contributed by atoms with Crippen molar-refractivity contribution >= 4 is 5.91 Å². The monoisotopic (exact) mass is 320 g/mol. The van der Waals surface area contributed by atoms with Crippen LogP contribution in [0.15, 0.2) is 30.3 Å². The van der Waals surface area contributed by atoms with Gasteiger partial charge in [0.1, 0.15) is 6.10 Å². The molecule has 0 aliphatic heterocycles. The normalized spacial score (nSPS) is 12.1. The summed E-state index contributed by atoms with van der Waals surface area (Å²) in [5.41, 5.74) is 6.63. The van der Waals surface area contributed by atoms with E-state index >= 15 is 0 Å². The maximum absolute atomic E-state index is 11.7. The molecule has 0 aliphatic carbocycles. The first-order valence-electron chi connectivity index (χ1n) is 8.98. The molecule has 0 spiro atoms. The van der Waals surface area contributed by atoms with E-state index in [-0.39, 0.29) is 5.91 Å². The fourth-order valence-electron chi connectivity index (χ4n) is 2.48. The SMILES string of the molecule is CCCCCCCCCNNC(=O)C(O)CCc1ccccc1. The number of aliphatic hydroxyl groups excluding tert-OH is 1. The highest BCUT2D eigenvalue weighted by Gasteiger charge is 2.13. The van der Waals surface area contributed by atoms with Crippen molar-refractivity contribution in [3.63, 3.8) is 0 Å². The number of unbranched alkanes of at least 4 members (excludes halogenated alkanes) is 6. The number of hydrogen-bond acceptors (Lipinski definition) is 3. The second-order valence-electron chi connectivity index (χ2n) is 6.08. The van der Waals surface area contributed by atoms with Gasteiger partial charge in [0.2, 0.25) is 0 Å². The number of carbonyl (C=O) groups is 1. The molecular weight excluding hydrogens is 288 g/mol. The van der Waals surface area contributed by atoms with E-state index in [0.717, 1.165) is 18.5 Å². The van der Waals surface area contributed by atoms with Crippen LogP contribution in [0, 0.1) is 0 Å². The van der Waals surface area contributed by atoms with Gasteiger partial charge in [-0.25, -0.2) is 5.43 Å². The summed E-state index contributed by atoms with van der Waals surface area (Å²) in [5, 5.41) is 9.85. The van der Waals surface area contributed by atoms with Crippen LogP contribution in [0.3, 0.4) is 0 Å². The number of amides is 1. The highest BCUT2D eigenvalue weighted by atomic mass is 16.3. The second-order valence-corrected chi connectivity index (χ2v) is 6.08. The van der Waals surface area contributed by atoms with Crippen LogP contribution in [0.2, 0.25) is 0 Å². The number of nitrogens with one attached hydrogen (secondary N) is 2. The van der Waals surface area contributed by atoms with E-state index in [1.54, 1.807) is 0 Å². The quantitative estimate of drug-likeness (QED) is 0.386. The topological polar surface area (TPSA) is 61.4 Å². The highest BCUT2D eigenvalue weighted by Crippen LogP contribution is 2.06. The zero-order valence-corrected chi connectivity index (χ0v) is 14.4. The number of hydrazine groups is 1. The molecule has 1 amide bonds. The van der Waals surface area contributed by atoms with Crippen molar-refractivity contribution in [2.24, 2.45) is 0 Å². The van der Waals surface area contributed by atoms with Gasteiger partial charge in [-0.1, -0.05) is 75.8 Å². The molecule has 1 aromatic carbocycles. The third-order valence-corrected chi connectivity index (χ3v) is 3.97. The molecular formula is C19H32N2O2. The number of aryl methyl sites for hydroxylation is 1. The lowest BCUT2D eigenvalue weighted by molar-refractivity contribution is -0.130. The Kier molecular flexibility index (Phi) is 11.2. The molecule has 1 unspecified atom stereocenters. The first kappa shape index (κ1) is 19.7. The van der Waals surface area contributed by atoms with Crippen molar-refractivity contribution in [2.45, 2.75) is 70.8 Å². The molecule has 0 fully saturated rings. The van der Waals surface area contributed by atoms with Gasteiger partial charge in [0.25, 0.3) is 5.91 Å². The van der Waals surface area contributed by atoms with E-state index in [2.05, 4.69) is 17.8 Å². The number of hydrogen-bond donors (Lipinski definition) is 3. The van der Waals surface area contributed by atoms with Gasteiger partial charge >= 0.3 is 0 Å². The summed E-state index contributed by atoms with van der Waals surface area (Å²) >= 11 is 0. The Balaban J connectivity index is 1.98. The minimum Gasteiger partial charge on any atom is -0.383 e. The Morgan fingerprint density at radius 2 is 1.70 bits per heavy atom. The van der Waals surface area contributed by atoms with E-state index in [4.69, 9.17) is 0 Å².